The van der Waals surface area contributed by atoms with Gasteiger partial charge in [-0.25, -0.2) is 0 Å². The molecule has 0 nitrogen and oxygen atoms in total. The summed E-state index contributed by atoms with van der Waals surface area (Å²) in [7, 11) is 4.73. The van der Waals surface area contributed by atoms with Crippen LogP contribution in [0, 0.1) is 0 Å². The maximum absolute atomic E-state index is 2.36. The highest BCUT2D eigenvalue weighted by Crippen LogP contribution is 2.46. The van der Waals surface area contributed by atoms with Gasteiger partial charge in [-0.2, -0.15) is 0 Å². The Bertz CT molecular complexity index is 853. The lowest BCUT2D eigenvalue weighted by Gasteiger charge is -2.14. The largest absolute Gasteiger partial charge is 0.185 e. The Morgan fingerprint density at radius 2 is 1.18 bits per heavy atom. The van der Waals surface area contributed by atoms with Crippen LogP contribution in [0.5, 0.6) is 0 Å². The van der Waals surface area contributed by atoms with Crippen molar-refractivity contribution in [3.8, 4) is 0 Å². The van der Waals surface area contributed by atoms with Gasteiger partial charge in [0, 0.05) is 0 Å². The molecule has 0 saturated carbocycles. The second-order valence-corrected chi connectivity index (χ2v) is 6.92. The zero-order chi connectivity index (χ0) is 14.3. The molecule has 0 saturated heterocycles. The van der Waals surface area contributed by atoms with E-state index in [4.69, 9.17) is 0 Å². The third-order valence-corrected chi connectivity index (χ3v) is 5.60. The summed E-state index contributed by atoms with van der Waals surface area (Å²) in [5, 5.41) is 0. The van der Waals surface area contributed by atoms with Crippen LogP contribution in [0.25, 0.3) is 10.9 Å². The summed E-state index contributed by atoms with van der Waals surface area (Å²) in [6.45, 7) is 0. The first-order valence-corrected chi connectivity index (χ1v) is 8.26. The molecule has 4 aliphatic rings. The van der Waals surface area contributed by atoms with Gasteiger partial charge in [0.2, 0.25) is 0 Å². The molecule has 0 N–H and O–H groups in total. The Balaban J connectivity index is 1.34. The van der Waals surface area contributed by atoms with Crippen LogP contribution in [0.1, 0.15) is 33.4 Å². The van der Waals surface area contributed by atoms with E-state index in [1.807, 2.05) is 0 Å². The fraction of sp³-hybridized carbons (Fsp3) is 0.200. The number of rotatable bonds is 3. The molecule has 0 unspecified atom stereocenters. The Morgan fingerprint density at radius 3 is 1.68 bits per heavy atom. The lowest BCUT2D eigenvalue weighted by atomic mass is 9.77. The van der Waals surface area contributed by atoms with Crippen molar-refractivity contribution in [2.24, 2.45) is 0 Å². The van der Waals surface area contributed by atoms with E-state index < -0.39 is 0 Å². The van der Waals surface area contributed by atoms with Crippen molar-refractivity contribution in [3.63, 3.8) is 0 Å². The van der Waals surface area contributed by atoms with Crippen LogP contribution >= 0.6 is 0 Å². The van der Waals surface area contributed by atoms with E-state index >= 15 is 0 Å². The highest BCUT2D eigenvalue weighted by molar-refractivity contribution is 6.85. The zero-order valence-electron chi connectivity index (χ0n) is 12.4. The number of fused-ring (bicyclic) bond motifs is 4. The fourth-order valence-electron chi connectivity index (χ4n) is 4.42. The van der Waals surface area contributed by atoms with Gasteiger partial charge >= 0.3 is 0 Å². The predicted octanol–water partition coefficient (Wildman–Crippen LogP) is 3.36. The summed E-state index contributed by atoms with van der Waals surface area (Å²) < 4.78 is 0. The molecule has 0 aromatic heterocycles. The van der Waals surface area contributed by atoms with E-state index in [9.17, 15) is 0 Å². The molecular formula is C20H14B2. The Kier molecular flexibility index (Phi) is 2.04. The lowest BCUT2D eigenvalue weighted by Crippen LogP contribution is -2.02. The number of hydrogen-bond acceptors (Lipinski definition) is 0. The third kappa shape index (κ3) is 1.50. The topological polar surface area (TPSA) is 0 Å². The van der Waals surface area contributed by atoms with Crippen LogP contribution in [0.4, 0.5) is 0 Å². The first-order chi connectivity index (χ1) is 10.9. The highest BCUT2D eigenvalue weighted by Gasteiger charge is 2.35. The van der Waals surface area contributed by atoms with Gasteiger partial charge in [-0.1, -0.05) is 47.3 Å². The molecule has 0 fully saturated rings. The van der Waals surface area contributed by atoms with Crippen molar-refractivity contribution in [2.45, 2.75) is 25.7 Å². The minimum Gasteiger partial charge on any atom is -0.103 e. The maximum atomic E-state index is 2.36. The molecule has 2 aromatic carbocycles. The van der Waals surface area contributed by atoms with E-state index in [1.165, 1.54) is 12.8 Å². The van der Waals surface area contributed by atoms with Crippen molar-refractivity contribution in [1.29, 1.82) is 0 Å². The quantitative estimate of drug-likeness (QED) is 0.754. The smallest absolute Gasteiger partial charge is 0.103 e. The van der Waals surface area contributed by atoms with E-state index in [1.54, 1.807) is 55.3 Å². The fourth-order valence-corrected chi connectivity index (χ4v) is 4.42. The highest BCUT2D eigenvalue weighted by atomic mass is 14.3. The summed E-state index contributed by atoms with van der Waals surface area (Å²) in [6, 6.07) is 13.7. The van der Waals surface area contributed by atoms with Crippen LogP contribution < -0.4 is 0 Å². The van der Waals surface area contributed by atoms with Gasteiger partial charge in [-0.05, 0) is 59.1 Å². The molecule has 2 aromatic rings. The second kappa shape index (κ2) is 3.87. The molecule has 0 amide bonds. The number of hydrogen-bond donors (Lipinski definition) is 0. The van der Waals surface area contributed by atoms with Crippen LogP contribution in [0.3, 0.4) is 0 Å². The van der Waals surface area contributed by atoms with Crippen LogP contribution in [-0.4, -0.2) is 14.6 Å². The number of allylic oxidation sites excluding steroid dienone is 2. The van der Waals surface area contributed by atoms with Gasteiger partial charge in [0.05, 0.1) is 0 Å². The average Bonchev–Trinajstić information content (AvgIpc) is 3.42. The van der Waals surface area contributed by atoms with Crippen LogP contribution in [0.2, 0.25) is 0 Å². The van der Waals surface area contributed by atoms with Gasteiger partial charge in [-0.3, -0.25) is 0 Å². The first-order valence-electron chi connectivity index (χ1n) is 8.26. The molecule has 0 bridgehead atoms. The van der Waals surface area contributed by atoms with E-state index in [-0.39, 0.29) is 0 Å². The molecular weight excluding hydrogens is 262 g/mol. The van der Waals surface area contributed by atoms with Crippen molar-refractivity contribution < 1.29 is 0 Å². The molecule has 2 radical (unpaired) electrons. The van der Waals surface area contributed by atoms with Crippen molar-refractivity contribution in [2.75, 3.05) is 0 Å². The number of aryl methyl sites for hydroxylation is 2. The summed E-state index contributed by atoms with van der Waals surface area (Å²) in [6.07, 6.45) is 4.66. The SMILES string of the molecule is [B]1C2=C1c1c(CCc3cccc4c3C3=C([B]3)C4)cccc1C2. The molecule has 0 atom stereocenters. The van der Waals surface area contributed by atoms with Crippen LogP contribution in [-0.2, 0) is 25.7 Å². The Hall–Kier alpha value is -1.95. The summed E-state index contributed by atoms with van der Waals surface area (Å²) in [5.41, 5.74) is 15.5. The minimum absolute atomic E-state index is 1.16. The summed E-state index contributed by atoms with van der Waals surface area (Å²) in [5.74, 6) is 0. The van der Waals surface area contributed by atoms with Gasteiger partial charge < -0.3 is 0 Å². The molecule has 2 aliphatic carbocycles. The van der Waals surface area contributed by atoms with Crippen molar-refractivity contribution in [3.05, 3.63) is 80.7 Å². The Labute approximate surface area is 132 Å². The van der Waals surface area contributed by atoms with Crippen LogP contribution in [0.15, 0.2) is 47.3 Å². The summed E-state index contributed by atoms with van der Waals surface area (Å²) >= 11 is 0. The molecule has 22 heavy (non-hydrogen) atoms. The third-order valence-electron chi connectivity index (χ3n) is 5.60. The van der Waals surface area contributed by atoms with Gasteiger partial charge in [0.25, 0.3) is 0 Å². The standard InChI is InChI=1S/C20H14B2/c1-3-11(17-13(5-1)9-15-19(17)21-15)7-8-12-4-2-6-14-10-16-20(22-16)18(12)14/h1-6H,7-10H2. The Morgan fingerprint density at radius 1 is 0.682 bits per heavy atom. The monoisotopic (exact) mass is 276 g/mol. The normalized spacial score (nSPS) is 18.4. The molecule has 2 heterocycles. The second-order valence-electron chi connectivity index (χ2n) is 6.92. The lowest BCUT2D eigenvalue weighted by molar-refractivity contribution is 0.948. The van der Waals surface area contributed by atoms with E-state index in [0.717, 1.165) is 12.8 Å². The maximum Gasteiger partial charge on any atom is 0.185 e. The minimum atomic E-state index is 1.16. The summed E-state index contributed by atoms with van der Waals surface area (Å²) in [4.78, 5) is 0. The number of benzene rings is 2. The predicted molar refractivity (Wildman–Crippen MR) is 93.0 cm³/mol. The zero-order valence-corrected chi connectivity index (χ0v) is 12.4. The van der Waals surface area contributed by atoms with Crippen molar-refractivity contribution in [1.82, 2.24) is 0 Å². The van der Waals surface area contributed by atoms with E-state index in [2.05, 4.69) is 51.0 Å². The molecule has 2 heteroatoms. The van der Waals surface area contributed by atoms with E-state index in [0.29, 0.717) is 0 Å². The first kappa shape index (κ1) is 11.6. The van der Waals surface area contributed by atoms with Gasteiger partial charge in [0.15, 0.2) is 14.6 Å². The molecule has 0 spiro atoms. The molecule has 6 rings (SSSR count). The molecule has 100 valence electrons. The van der Waals surface area contributed by atoms with Crippen molar-refractivity contribution >= 4 is 25.5 Å². The average molecular weight is 276 g/mol. The van der Waals surface area contributed by atoms with Gasteiger partial charge in [0.1, 0.15) is 0 Å². The van der Waals surface area contributed by atoms with Gasteiger partial charge in [-0.15, -0.1) is 10.9 Å². The molecule has 2 aliphatic heterocycles.